The summed E-state index contributed by atoms with van der Waals surface area (Å²) in [7, 11) is 2.60. The lowest BCUT2D eigenvalue weighted by molar-refractivity contribution is -0.141. The Kier molecular flexibility index (Phi) is 5.29. The zero-order valence-corrected chi connectivity index (χ0v) is 11.3. The molecule has 0 aliphatic carbocycles. The number of methoxy groups -OCH3 is 1. The van der Waals surface area contributed by atoms with E-state index in [1.165, 1.54) is 20.2 Å². The van der Waals surface area contributed by atoms with Gasteiger partial charge in [-0.3, -0.25) is 4.79 Å². The molecule has 0 saturated carbocycles. The SMILES string of the molecule is CC=CC(C(=O)OC)c1nn(C)c(OC(F)F)c1Cl. The molecule has 19 heavy (non-hydrogen) atoms. The summed E-state index contributed by atoms with van der Waals surface area (Å²) in [6, 6.07) is 0. The topological polar surface area (TPSA) is 53.3 Å². The number of aryl methyl sites for hydroxylation is 1. The van der Waals surface area contributed by atoms with E-state index in [0.717, 1.165) is 4.68 Å². The molecule has 0 fully saturated rings. The molecule has 0 aliphatic heterocycles. The Hall–Kier alpha value is -1.63. The third-order valence-electron chi connectivity index (χ3n) is 2.30. The van der Waals surface area contributed by atoms with E-state index in [0.29, 0.717) is 0 Å². The summed E-state index contributed by atoms with van der Waals surface area (Å²) < 4.78 is 34.4. The van der Waals surface area contributed by atoms with Crippen molar-refractivity contribution in [1.82, 2.24) is 9.78 Å². The summed E-state index contributed by atoms with van der Waals surface area (Å²) in [5.74, 6) is -1.77. The van der Waals surface area contributed by atoms with Gasteiger partial charge in [0.05, 0.1) is 7.11 Å². The molecular formula is C11H13ClF2N2O3. The van der Waals surface area contributed by atoms with Crippen molar-refractivity contribution in [2.45, 2.75) is 19.5 Å². The molecule has 0 saturated heterocycles. The third-order valence-corrected chi connectivity index (χ3v) is 2.65. The molecule has 1 rings (SSSR count). The van der Waals surface area contributed by atoms with Gasteiger partial charge in [-0.2, -0.15) is 13.9 Å². The first-order valence-electron chi connectivity index (χ1n) is 5.30. The van der Waals surface area contributed by atoms with Gasteiger partial charge in [0.15, 0.2) is 0 Å². The smallest absolute Gasteiger partial charge is 0.388 e. The molecule has 0 aromatic carbocycles. The van der Waals surface area contributed by atoms with Crippen molar-refractivity contribution in [1.29, 1.82) is 0 Å². The number of carbonyl (C=O) groups excluding carboxylic acids is 1. The third kappa shape index (κ3) is 3.44. The molecule has 0 spiro atoms. The molecule has 8 heteroatoms. The lowest BCUT2D eigenvalue weighted by Gasteiger charge is -2.07. The molecule has 1 aromatic rings. The van der Waals surface area contributed by atoms with Crippen molar-refractivity contribution in [3.8, 4) is 5.88 Å². The Morgan fingerprint density at radius 1 is 1.53 bits per heavy atom. The molecule has 0 N–H and O–H groups in total. The molecule has 106 valence electrons. The van der Waals surface area contributed by atoms with Gasteiger partial charge in [0.2, 0.25) is 5.88 Å². The maximum atomic E-state index is 12.2. The number of alkyl halides is 2. The van der Waals surface area contributed by atoms with Gasteiger partial charge >= 0.3 is 12.6 Å². The number of hydrogen-bond acceptors (Lipinski definition) is 4. The molecule has 0 bridgehead atoms. The van der Waals surface area contributed by atoms with Crippen molar-refractivity contribution in [3.05, 3.63) is 22.9 Å². The molecule has 1 aromatic heterocycles. The van der Waals surface area contributed by atoms with Crippen LogP contribution in [0, 0.1) is 0 Å². The number of esters is 1. The van der Waals surface area contributed by atoms with Crippen LogP contribution in [0.5, 0.6) is 5.88 Å². The van der Waals surface area contributed by atoms with Crippen molar-refractivity contribution < 1.29 is 23.0 Å². The number of aromatic nitrogens is 2. The highest BCUT2D eigenvalue weighted by atomic mass is 35.5. The van der Waals surface area contributed by atoms with Crippen molar-refractivity contribution in [2.75, 3.05) is 7.11 Å². The summed E-state index contributed by atoms with van der Waals surface area (Å²) >= 11 is 5.92. The minimum absolute atomic E-state index is 0.102. The second kappa shape index (κ2) is 6.51. The molecule has 0 radical (unpaired) electrons. The Morgan fingerprint density at radius 3 is 2.63 bits per heavy atom. The molecule has 1 atom stereocenters. The first kappa shape index (κ1) is 15.4. The number of rotatable bonds is 5. The van der Waals surface area contributed by atoms with Gasteiger partial charge < -0.3 is 9.47 Å². The largest absolute Gasteiger partial charge is 0.468 e. The van der Waals surface area contributed by atoms with Gasteiger partial charge in [-0.1, -0.05) is 23.8 Å². The van der Waals surface area contributed by atoms with Crippen LogP contribution >= 0.6 is 11.6 Å². The van der Waals surface area contributed by atoms with Crippen LogP contribution < -0.4 is 4.74 Å². The molecular weight excluding hydrogens is 282 g/mol. The Labute approximate surface area is 113 Å². The summed E-state index contributed by atoms with van der Waals surface area (Å²) in [4.78, 5) is 11.6. The van der Waals surface area contributed by atoms with Crippen LogP contribution in [0.15, 0.2) is 12.2 Å². The quantitative estimate of drug-likeness (QED) is 0.618. The van der Waals surface area contributed by atoms with E-state index in [-0.39, 0.29) is 16.6 Å². The summed E-state index contributed by atoms with van der Waals surface area (Å²) in [5.41, 5.74) is 0.102. The second-order valence-corrected chi connectivity index (χ2v) is 3.91. The minimum atomic E-state index is -3.03. The number of carbonyl (C=O) groups is 1. The number of ether oxygens (including phenoxy) is 2. The number of nitrogens with zero attached hydrogens (tertiary/aromatic N) is 2. The average Bonchev–Trinajstić information content (AvgIpc) is 2.62. The highest BCUT2D eigenvalue weighted by Crippen LogP contribution is 2.34. The van der Waals surface area contributed by atoms with Crippen molar-refractivity contribution in [2.24, 2.45) is 7.05 Å². The Balaban J connectivity index is 3.22. The minimum Gasteiger partial charge on any atom is -0.468 e. The highest BCUT2D eigenvalue weighted by Gasteiger charge is 2.28. The maximum absolute atomic E-state index is 12.2. The lowest BCUT2D eigenvalue weighted by atomic mass is 10.1. The maximum Gasteiger partial charge on any atom is 0.388 e. The average molecular weight is 295 g/mol. The van der Waals surface area contributed by atoms with Crippen molar-refractivity contribution in [3.63, 3.8) is 0 Å². The fourth-order valence-electron chi connectivity index (χ4n) is 1.51. The van der Waals surface area contributed by atoms with Crippen LogP contribution in [0.4, 0.5) is 8.78 Å². The summed E-state index contributed by atoms with van der Waals surface area (Å²) in [6.07, 6.45) is 3.12. The summed E-state index contributed by atoms with van der Waals surface area (Å²) in [6.45, 7) is -1.33. The van der Waals surface area contributed by atoms with E-state index in [2.05, 4.69) is 14.6 Å². The van der Waals surface area contributed by atoms with Crippen LogP contribution in [-0.4, -0.2) is 29.5 Å². The standard InChI is InChI=1S/C11H13ClF2N2O3/c1-4-5-6(10(17)18-3)8-7(12)9(16(2)15-8)19-11(13)14/h4-6,11H,1-3H3. The lowest BCUT2D eigenvalue weighted by Crippen LogP contribution is -2.13. The van der Waals surface area contributed by atoms with Crippen LogP contribution in [-0.2, 0) is 16.6 Å². The molecule has 1 heterocycles. The van der Waals surface area contributed by atoms with E-state index in [9.17, 15) is 13.6 Å². The first-order chi connectivity index (χ1) is 8.92. The van der Waals surface area contributed by atoms with Gasteiger partial charge in [0, 0.05) is 7.05 Å². The van der Waals surface area contributed by atoms with Crippen LogP contribution in [0.1, 0.15) is 18.5 Å². The molecule has 1 unspecified atom stereocenters. The number of allylic oxidation sites excluding steroid dienone is 1. The van der Waals surface area contributed by atoms with Crippen LogP contribution in [0.25, 0.3) is 0 Å². The zero-order chi connectivity index (χ0) is 14.6. The van der Waals surface area contributed by atoms with E-state index >= 15 is 0 Å². The van der Waals surface area contributed by atoms with Crippen LogP contribution in [0.3, 0.4) is 0 Å². The van der Waals surface area contributed by atoms with Crippen molar-refractivity contribution >= 4 is 17.6 Å². The fourth-order valence-corrected chi connectivity index (χ4v) is 1.84. The predicted octanol–water partition coefficient (Wildman–Crippen LogP) is 2.51. The Bertz CT molecular complexity index is 489. The van der Waals surface area contributed by atoms with Gasteiger partial charge in [-0.15, -0.1) is 0 Å². The predicted molar refractivity (Wildman–Crippen MR) is 64.4 cm³/mol. The Morgan fingerprint density at radius 2 is 2.16 bits per heavy atom. The van der Waals surface area contributed by atoms with Crippen LogP contribution in [0.2, 0.25) is 5.02 Å². The van der Waals surface area contributed by atoms with Gasteiger partial charge in [-0.25, -0.2) is 4.68 Å². The van der Waals surface area contributed by atoms with Gasteiger partial charge in [0.25, 0.3) is 0 Å². The van der Waals surface area contributed by atoms with Gasteiger partial charge in [0.1, 0.15) is 16.6 Å². The normalized spacial score (nSPS) is 13.0. The second-order valence-electron chi connectivity index (χ2n) is 3.53. The molecule has 0 amide bonds. The van der Waals surface area contributed by atoms with E-state index < -0.39 is 18.5 Å². The zero-order valence-electron chi connectivity index (χ0n) is 10.6. The number of halogens is 3. The first-order valence-corrected chi connectivity index (χ1v) is 5.68. The fraction of sp³-hybridized carbons (Fsp3) is 0.455. The molecule has 5 nitrogen and oxygen atoms in total. The highest BCUT2D eigenvalue weighted by molar-refractivity contribution is 6.32. The molecule has 0 aliphatic rings. The van der Waals surface area contributed by atoms with E-state index in [1.54, 1.807) is 13.0 Å². The number of hydrogen-bond donors (Lipinski definition) is 0. The summed E-state index contributed by atoms with van der Waals surface area (Å²) in [5, 5.41) is 3.78. The van der Waals surface area contributed by atoms with E-state index in [1.807, 2.05) is 0 Å². The van der Waals surface area contributed by atoms with Gasteiger partial charge in [-0.05, 0) is 6.92 Å². The van der Waals surface area contributed by atoms with E-state index in [4.69, 9.17) is 11.6 Å². The monoisotopic (exact) mass is 294 g/mol.